The van der Waals surface area contributed by atoms with E-state index in [1.54, 1.807) is 11.8 Å². The molecule has 1 saturated heterocycles. The summed E-state index contributed by atoms with van der Waals surface area (Å²) in [4.78, 5) is 47.0. The summed E-state index contributed by atoms with van der Waals surface area (Å²) in [5.74, 6) is -0.0234. The number of hydrogen-bond acceptors (Lipinski definition) is 6. The van der Waals surface area contributed by atoms with Crippen molar-refractivity contribution in [2.45, 2.75) is 19.8 Å². The molecular formula is C18H22N4O4S. The van der Waals surface area contributed by atoms with Crippen LogP contribution in [-0.2, 0) is 9.53 Å². The first-order valence-corrected chi connectivity index (χ1v) is 9.97. The van der Waals surface area contributed by atoms with Crippen molar-refractivity contribution in [2.75, 3.05) is 32.8 Å². The molecular weight excluding hydrogens is 368 g/mol. The molecule has 0 radical (unpaired) electrons. The van der Waals surface area contributed by atoms with E-state index in [1.807, 2.05) is 0 Å². The lowest BCUT2D eigenvalue weighted by atomic mass is 10.1. The zero-order chi connectivity index (χ0) is 19.0. The average molecular weight is 390 g/mol. The molecule has 2 amide bonds. The number of thiophene rings is 1. The van der Waals surface area contributed by atoms with Crippen molar-refractivity contribution in [1.82, 2.24) is 20.2 Å². The number of H-pyrrole nitrogens is 1. The van der Waals surface area contributed by atoms with Crippen LogP contribution in [0.1, 0.15) is 28.1 Å². The Hall–Kier alpha value is -2.26. The van der Waals surface area contributed by atoms with Crippen LogP contribution in [0.25, 0.3) is 10.2 Å². The fourth-order valence-corrected chi connectivity index (χ4v) is 4.41. The number of nitrogens with one attached hydrogen (secondary N) is 2. The molecule has 0 aromatic carbocycles. The van der Waals surface area contributed by atoms with Crippen LogP contribution in [0.5, 0.6) is 0 Å². The predicted octanol–water partition coefficient (Wildman–Crippen LogP) is 0.908. The number of aryl methyl sites for hydroxylation is 1. The van der Waals surface area contributed by atoms with Crippen LogP contribution >= 0.6 is 11.3 Å². The molecule has 1 saturated carbocycles. The Labute approximate surface area is 159 Å². The molecule has 2 aromatic rings. The second-order valence-electron chi connectivity index (χ2n) is 7.18. The molecule has 8 nitrogen and oxygen atoms in total. The SMILES string of the molecule is Cc1c(C(=O)N2CCOCC(C(=O)NCC3CC3)C2)sc2nc[nH]c(=O)c12. The summed E-state index contributed by atoms with van der Waals surface area (Å²) in [6, 6.07) is 0. The normalized spacial score (nSPS) is 20.5. The highest BCUT2D eigenvalue weighted by molar-refractivity contribution is 7.20. The summed E-state index contributed by atoms with van der Waals surface area (Å²) in [6.07, 6.45) is 3.68. The minimum atomic E-state index is -0.383. The minimum Gasteiger partial charge on any atom is -0.379 e. The molecule has 2 fully saturated rings. The Morgan fingerprint density at radius 1 is 1.44 bits per heavy atom. The van der Waals surface area contributed by atoms with Crippen LogP contribution < -0.4 is 10.9 Å². The molecule has 4 rings (SSSR count). The van der Waals surface area contributed by atoms with Gasteiger partial charge in [0.15, 0.2) is 0 Å². The lowest BCUT2D eigenvalue weighted by Crippen LogP contribution is -2.42. The van der Waals surface area contributed by atoms with E-state index in [0.29, 0.717) is 59.4 Å². The molecule has 0 bridgehead atoms. The molecule has 9 heteroatoms. The summed E-state index contributed by atoms with van der Waals surface area (Å²) in [5, 5.41) is 3.43. The minimum absolute atomic E-state index is 0.0622. The van der Waals surface area contributed by atoms with Crippen LogP contribution in [0.15, 0.2) is 11.1 Å². The number of rotatable bonds is 4. The molecule has 2 N–H and O–H groups in total. The van der Waals surface area contributed by atoms with E-state index in [9.17, 15) is 14.4 Å². The molecule has 1 unspecified atom stereocenters. The van der Waals surface area contributed by atoms with Crippen molar-refractivity contribution in [3.8, 4) is 0 Å². The topological polar surface area (TPSA) is 104 Å². The number of ether oxygens (including phenoxy) is 1. The molecule has 1 aliphatic heterocycles. The van der Waals surface area contributed by atoms with Crippen molar-refractivity contribution in [1.29, 1.82) is 0 Å². The number of hydrogen-bond donors (Lipinski definition) is 2. The van der Waals surface area contributed by atoms with Crippen molar-refractivity contribution < 1.29 is 14.3 Å². The monoisotopic (exact) mass is 390 g/mol. The summed E-state index contributed by atoms with van der Waals surface area (Å²) in [6.45, 7) is 3.90. The maximum Gasteiger partial charge on any atom is 0.264 e. The van der Waals surface area contributed by atoms with E-state index in [0.717, 1.165) is 0 Å². The Kier molecular flexibility index (Phi) is 4.96. The number of carbonyl (C=O) groups excluding carboxylic acids is 2. The van der Waals surface area contributed by atoms with Crippen molar-refractivity contribution in [2.24, 2.45) is 11.8 Å². The second kappa shape index (κ2) is 7.40. The standard InChI is InChI=1S/C18H22N4O4S/c1-10-13-16(24)20-9-21-17(13)27-14(10)18(25)22-4-5-26-8-12(7-22)15(23)19-6-11-2-3-11/h9,11-12H,2-8H2,1H3,(H,19,23)(H,20,21,24). The molecule has 1 aliphatic carbocycles. The van der Waals surface area contributed by atoms with Gasteiger partial charge in [-0.25, -0.2) is 4.98 Å². The van der Waals surface area contributed by atoms with Gasteiger partial charge in [-0.1, -0.05) is 0 Å². The highest BCUT2D eigenvalue weighted by atomic mass is 32.1. The van der Waals surface area contributed by atoms with Gasteiger partial charge in [0, 0.05) is 19.6 Å². The van der Waals surface area contributed by atoms with Gasteiger partial charge < -0.3 is 19.9 Å². The smallest absolute Gasteiger partial charge is 0.264 e. The van der Waals surface area contributed by atoms with E-state index >= 15 is 0 Å². The van der Waals surface area contributed by atoms with Gasteiger partial charge in [0.1, 0.15) is 4.83 Å². The van der Waals surface area contributed by atoms with Crippen molar-refractivity contribution >= 4 is 33.4 Å². The van der Waals surface area contributed by atoms with Crippen LogP contribution in [0.2, 0.25) is 0 Å². The third-order valence-electron chi connectivity index (χ3n) is 5.11. The maximum atomic E-state index is 13.1. The van der Waals surface area contributed by atoms with Gasteiger partial charge >= 0.3 is 0 Å². The number of aromatic amines is 1. The molecule has 3 heterocycles. The van der Waals surface area contributed by atoms with Gasteiger partial charge in [0.2, 0.25) is 5.91 Å². The summed E-state index contributed by atoms with van der Waals surface area (Å²) < 4.78 is 5.56. The predicted molar refractivity (Wildman–Crippen MR) is 101 cm³/mol. The van der Waals surface area contributed by atoms with Gasteiger partial charge in [0.25, 0.3) is 11.5 Å². The average Bonchev–Trinajstić information content (AvgIpc) is 3.45. The zero-order valence-corrected chi connectivity index (χ0v) is 15.9. The molecule has 2 aromatic heterocycles. The van der Waals surface area contributed by atoms with Crippen LogP contribution in [-0.4, -0.2) is 59.5 Å². The zero-order valence-electron chi connectivity index (χ0n) is 15.1. The lowest BCUT2D eigenvalue weighted by molar-refractivity contribution is -0.126. The Morgan fingerprint density at radius 2 is 2.26 bits per heavy atom. The first-order chi connectivity index (χ1) is 13.0. The Morgan fingerprint density at radius 3 is 3.00 bits per heavy atom. The molecule has 2 aliphatic rings. The number of fused-ring (bicyclic) bond motifs is 1. The van der Waals surface area contributed by atoms with Crippen molar-refractivity contribution in [3.05, 3.63) is 27.1 Å². The van der Waals surface area contributed by atoms with Gasteiger partial charge in [-0.15, -0.1) is 11.3 Å². The second-order valence-corrected chi connectivity index (χ2v) is 8.18. The van der Waals surface area contributed by atoms with E-state index < -0.39 is 0 Å². The van der Waals surface area contributed by atoms with Crippen LogP contribution in [0, 0.1) is 18.8 Å². The fourth-order valence-electron chi connectivity index (χ4n) is 3.29. The number of nitrogens with zero attached hydrogens (tertiary/aromatic N) is 2. The fraction of sp³-hybridized carbons (Fsp3) is 0.556. The lowest BCUT2D eigenvalue weighted by Gasteiger charge is -2.23. The molecule has 0 spiro atoms. The highest BCUT2D eigenvalue weighted by Crippen LogP contribution is 2.29. The number of carbonyl (C=O) groups is 2. The number of amides is 2. The van der Waals surface area contributed by atoms with Crippen LogP contribution in [0.4, 0.5) is 0 Å². The Balaban J connectivity index is 1.53. The van der Waals surface area contributed by atoms with E-state index in [4.69, 9.17) is 4.74 Å². The number of aromatic nitrogens is 2. The first kappa shape index (κ1) is 18.1. The van der Waals surface area contributed by atoms with E-state index in [-0.39, 0.29) is 23.3 Å². The third-order valence-corrected chi connectivity index (χ3v) is 6.30. The van der Waals surface area contributed by atoms with Gasteiger partial charge in [-0.05, 0) is 31.2 Å². The largest absolute Gasteiger partial charge is 0.379 e. The maximum absolute atomic E-state index is 13.1. The van der Waals surface area contributed by atoms with Gasteiger partial charge in [-0.3, -0.25) is 14.4 Å². The quantitative estimate of drug-likeness (QED) is 0.807. The van der Waals surface area contributed by atoms with Crippen molar-refractivity contribution in [3.63, 3.8) is 0 Å². The van der Waals surface area contributed by atoms with Gasteiger partial charge in [0.05, 0.1) is 35.7 Å². The summed E-state index contributed by atoms with van der Waals surface area (Å²) in [7, 11) is 0. The molecule has 144 valence electrons. The third kappa shape index (κ3) is 3.74. The van der Waals surface area contributed by atoms with Gasteiger partial charge in [-0.2, -0.15) is 0 Å². The first-order valence-electron chi connectivity index (χ1n) is 9.16. The highest BCUT2D eigenvalue weighted by Gasteiger charge is 2.31. The molecule has 27 heavy (non-hydrogen) atoms. The molecule has 1 atom stereocenters. The van der Waals surface area contributed by atoms with E-state index in [2.05, 4.69) is 15.3 Å². The summed E-state index contributed by atoms with van der Waals surface area (Å²) >= 11 is 1.21. The van der Waals surface area contributed by atoms with E-state index in [1.165, 1.54) is 30.5 Å². The Bertz CT molecular complexity index is 933. The van der Waals surface area contributed by atoms with Crippen LogP contribution in [0.3, 0.4) is 0 Å². The summed E-state index contributed by atoms with van der Waals surface area (Å²) in [5.41, 5.74) is 0.388.